The van der Waals surface area contributed by atoms with Crippen LogP contribution in [0.15, 0.2) is 18.2 Å². The number of nitrogen functional groups attached to an aromatic ring is 1. The minimum atomic E-state index is -4.43. The van der Waals surface area contributed by atoms with Gasteiger partial charge in [0.2, 0.25) is 5.82 Å². The number of fused-ring (bicyclic) bond motifs is 1. The minimum Gasteiger partial charge on any atom is -0.399 e. The van der Waals surface area contributed by atoms with E-state index in [2.05, 4.69) is 4.98 Å². The number of hydrogen-bond donors (Lipinski definition) is 1. The number of hydrogen-bond acceptors (Lipinski definition) is 2. The number of nitrogens with zero attached hydrogens (tertiary/aromatic N) is 2. The van der Waals surface area contributed by atoms with Crippen molar-refractivity contribution in [2.24, 2.45) is 5.92 Å². The highest BCUT2D eigenvalue weighted by molar-refractivity contribution is 5.79. The molecule has 2 N–H and O–H groups in total. The Morgan fingerprint density at radius 3 is 2.63 bits per heavy atom. The molecule has 3 rings (SSSR count). The third-order valence-corrected chi connectivity index (χ3v) is 3.69. The van der Waals surface area contributed by atoms with Crippen molar-refractivity contribution >= 4 is 16.7 Å². The fourth-order valence-electron chi connectivity index (χ4n) is 2.48. The van der Waals surface area contributed by atoms with Crippen molar-refractivity contribution in [1.29, 1.82) is 0 Å². The van der Waals surface area contributed by atoms with Crippen LogP contribution in [0.2, 0.25) is 0 Å². The number of aromatic nitrogens is 2. The molecule has 3 nitrogen and oxygen atoms in total. The van der Waals surface area contributed by atoms with E-state index >= 15 is 0 Å². The van der Waals surface area contributed by atoms with Gasteiger partial charge in [-0.15, -0.1) is 0 Å². The fourth-order valence-corrected chi connectivity index (χ4v) is 2.48. The summed E-state index contributed by atoms with van der Waals surface area (Å²) in [7, 11) is 0. The van der Waals surface area contributed by atoms with Gasteiger partial charge in [-0.05, 0) is 37.0 Å². The van der Waals surface area contributed by atoms with E-state index < -0.39 is 12.0 Å². The third kappa shape index (κ3) is 2.15. The SMILES string of the molecule is Nc1ccc2c(c1)nc(C(F)(F)F)n2CC1CCC1. The van der Waals surface area contributed by atoms with Crippen LogP contribution in [-0.4, -0.2) is 9.55 Å². The molecule has 1 heterocycles. The topological polar surface area (TPSA) is 43.8 Å². The second-order valence-corrected chi connectivity index (χ2v) is 5.09. The molecule has 0 radical (unpaired) electrons. The monoisotopic (exact) mass is 269 g/mol. The van der Waals surface area contributed by atoms with Crippen LogP contribution in [-0.2, 0) is 12.7 Å². The van der Waals surface area contributed by atoms with Gasteiger partial charge in [-0.25, -0.2) is 4.98 Å². The summed E-state index contributed by atoms with van der Waals surface area (Å²) in [6.07, 6.45) is -1.35. The van der Waals surface area contributed by atoms with Crippen molar-refractivity contribution in [1.82, 2.24) is 9.55 Å². The molecule has 1 aromatic heterocycles. The average Bonchev–Trinajstić information content (AvgIpc) is 2.61. The fraction of sp³-hybridized carbons (Fsp3) is 0.462. The van der Waals surface area contributed by atoms with Crippen molar-refractivity contribution in [2.75, 3.05) is 5.73 Å². The summed E-state index contributed by atoms with van der Waals surface area (Å²) < 4.78 is 40.4. The molecule has 0 amide bonds. The van der Waals surface area contributed by atoms with Gasteiger partial charge >= 0.3 is 6.18 Å². The molecule has 1 aromatic carbocycles. The van der Waals surface area contributed by atoms with E-state index in [1.807, 2.05) is 0 Å². The molecular formula is C13H14F3N3. The first-order valence-electron chi connectivity index (χ1n) is 6.28. The number of rotatable bonds is 2. The molecule has 0 saturated heterocycles. The molecule has 1 fully saturated rings. The van der Waals surface area contributed by atoms with E-state index in [0.29, 0.717) is 29.2 Å². The lowest BCUT2D eigenvalue weighted by Crippen LogP contribution is -2.22. The molecule has 19 heavy (non-hydrogen) atoms. The van der Waals surface area contributed by atoms with Crippen LogP contribution in [0.3, 0.4) is 0 Å². The van der Waals surface area contributed by atoms with Crippen LogP contribution in [0.25, 0.3) is 11.0 Å². The Labute approximate surface area is 108 Å². The Balaban J connectivity index is 2.13. The molecule has 1 aliphatic rings. The first-order valence-corrected chi connectivity index (χ1v) is 6.28. The van der Waals surface area contributed by atoms with Crippen molar-refractivity contribution in [3.8, 4) is 0 Å². The molecule has 2 aromatic rings. The van der Waals surface area contributed by atoms with E-state index in [4.69, 9.17) is 5.73 Å². The minimum absolute atomic E-state index is 0.312. The first kappa shape index (κ1) is 12.3. The van der Waals surface area contributed by atoms with E-state index in [1.165, 1.54) is 10.6 Å². The molecule has 102 valence electrons. The standard InChI is InChI=1S/C13H14F3N3/c14-13(15,16)12-18-10-6-9(17)4-5-11(10)19(12)7-8-2-1-3-8/h4-6,8H,1-3,7,17H2. The van der Waals surface area contributed by atoms with Crippen LogP contribution in [0.5, 0.6) is 0 Å². The van der Waals surface area contributed by atoms with Gasteiger partial charge in [0.15, 0.2) is 0 Å². The highest BCUT2D eigenvalue weighted by atomic mass is 19.4. The predicted molar refractivity (Wildman–Crippen MR) is 66.5 cm³/mol. The Kier molecular flexibility index (Phi) is 2.69. The summed E-state index contributed by atoms with van der Waals surface area (Å²) in [5.41, 5.74) is 6.85. The van der Waals surface area contributed by atoms with Crippen molar-refractivity contribution in [3.05, 3.63) is 24.0 Å². The molecule has 0 aliphatic heterocycles. The Bertz CT molecular complexity index is 611. The van der Waals surface area contributed by atoms with Gasteiger partial charge in [-0.1, -0.05) is 6.42 Å². The van der Waals surface area contributed by atoms with Crippen molar-refractivity contribution in [2.45, 2.75) is 32.0 Å². The smallest absolute Gasteiger partial charge is 0.399 e. The Hall–Kier alpha value is -1.72. The van der Waals surface area contributed by atoms with Gasteiger partial charge in [0.25, 0.3) is 0 Å². The molecule has 0 atom stereocenters. The molecule has 0 spiro atoms. The molecule has 6 heteroatoms. The van der Waals surface area contributed by atoms with Gasteiger partial charge in [-0.2, -0.15) is 13.2 Å². The summed E-state index contributed by atoms with van der Waals surface area (Å²) in [6.45, 7) is 0.384. The van der Waals surface area contributed by atoms with Gasteiger partial charge in [-0.3, -0.25) is 0 Å². The zero-order valence-electron chi connectivity index (χ0n) is 10.2. The van der Waals surface area contributed by atoms with Gasteiger partial charge in [0.1, 0.15) is 0 Å². The highest BCUT2D eigenvalue weighted by Gasteiger charge is 2.38. The number of anilines is 1. The maximum absolute atomic E-state index is 13.0. The van der Waals surface area contributed by atoms with E-state index in [-0.39, 0.29) is 0 Å². The molecule has 0 bridgehead atoms. The lowest BCUT2D eigenvalue weighted by molar-refractivity contribution is -0.147. The number of imidazole rings is 1. The quantitative estimate of drug-likeness (QED) is 0.849. The van der Waals surface area contributed by atoms with E-state index in [1.54, 1.807) is 12.1 Å². The van der Waals surface area contributed by atoms with Crippen LogP contribution in [0.1, 0.15) is 25.1 Å². The van der Waals surface area contributed by atoms with Gasteiger partial charge < -0.3 is 10.3 Å². The number of benzene rings is 1. The molecular weight excluding hydrogens is 255 g/mol. The maximum Gasteiger partial charge on any atom is 0.449 e. The summed E-state index contributed by atoms with van der Waals surface area (Å²) in [5.74, 6) is -0.490. The normalized spacial score (nSPS) is 16.8. The molecule has 0 unspecified atom stereocenters. The van der Waals surface area contributed by atoms with Crippen molar-refractivity contribution < 1.29 is 13.2 Å². The van der Waals surface area contributed by atoms with Gasteiger partial charge in [0.05, 0.1) is 11.0 Å². The first-order chi connectivity index (χ1) is 8.95. The second-order valence-electron chi connectivity index (χ2n) is 5.09. The third-order valence-electron chi connectivity index (χ3n) is 3.69. The van der Waals surface area contributed by atoms with Crippen LogP contribution in [0, 0.1) is 5.92 Å². The van der Waals surface area contributed by atoms with Gasteiger partial charge in [0, 0.05) is 12.2 Å². The van der Waals surface area contributed by atoms with E-state index in [0.717, 1.165) is 19.3 Å². The van der Waals surface area contributed by atoms with Crippen LogP contribution < -0.4 is 5.73 Å². The lowest BCUT2D eigenvalue weighted by atomic mass is 9.85. The number of halogens is 3. The zero-order chi connectivity index (χ0) is 13.6. The lowest BCUT2D eigenvalue weighted by Gasteiger charge is -2.26. The highest BCUT2D eigenvalue weighted by Crippen LogP contribution is 2.35. The predicted octanol–water partition coefficient (Wildman–Crippen LogP) is 3.44. The molecule has 1 saturated carbocycles. The number of alkyl halides is 3. The maximum atomic E-state index is 13.0. The second kappa shape index (κ2) is 4.15. The summed E-state index contributed by atoms with van der Waals surface area (Å²) in [5, 5.41) is 0. The Morgan fingerprint density at radius 1 is 1.32 bits per heavy atom. The summed E-state index contributed by atoms with van der Waals surface area (Å²) in [4.78, 5) is 3.71. The Morgan fingerprint density at radius 2 is 2.05 bits per heavy atom. The average molecular weight is 269 g/mol. The zero-order valence-corrected chi connectivity index (χ0v) is 10.2. The van der Waals surface area contributed by atoms with Crippen LogP contribution >= 0.6 is 0 Å². The van der Waals surface area contributed by atoms with E-state index in [9.17, 15) is 13.2 Å². The van der Waals surface area contributed by atoms with Crippen LogP contribution in [0.4, 0.5) is 18.9 Å². The largest absolute Gasteiger partial charge is 0.449 e. The van der Waals surface area contributed by atoms with Crippen molar-refractivity contribution in [3.63, 3.8) is 0 Å². The summed E-state index contributed by atoms with van der Waals surface area (Å²) >= 11 is 0. The summed E-state index contributed by atoms with van der Waals surface area (Å²) in [6, 6.07) is 4.72. The molecule has 1 aliphatic carbocycles. The number of nitrogens with two attached hydrogens (primary N) is 1.